The topological polar surface area (TPSA) is 66.8 Å². The van der Waals surface area contributed by atoms with Crippen molar-refractivity contribution in [2.75, 3.05) is 0 Å². The summed E-state index contributed by atoms with van der Waals surface area (Å²) in [7, 11) is -4.75. The van der Waals surface area contributed by atoms with Crippen molar-refractivity contribution in [2.45, 2.75) is 135 Å². The fourth-order valence-electron chi connectivity index (χ4n) is 6.92. The third kappa shape index (κ3) is 6.57. The first kappa shape index (κ1) is 29.4. The lowest BCUT2D eigenvalue weighted by Crippen LogP contribution is -2.16. The Hall–Kier alpha value is -1.61. The highest BCUT2D eigenvalue weighted by atomic mass is 31.2. The lowest BCUT2D eigenvalue weighted by Gasteiger charge is -2.34. The van der Waals surface area contributed by atoms with Crippen molar-refractivity contribution in [1.29, 1.82) is 0 Å². The molecule has 0 aromatic heterocycles. The largest absolute Gasteiger partial charge is 0.524 e. The fraction of sp³-hybridized carbons (Fsp3) is 0.636. The molecule has 2 aliphatic carbocycles. The Labute approximate surface area is 230 Å². The second-order valence-corrected chi connectivity index (χ2v) is 13.9. The van der Waals surface area contributed by atoms with Gasteiger partial charge in [0.25, 0.3) is 0 Å². The van der Waals surface area contributed by atoms with Crippen LogP contribution in [0.5, 0.6) is 5.75 Å². The molecule has 4 rings (SSSR count). The third-order valence-electron chi connectivity index (χ3n) is 8.90. The first-order valence-electron chi connectivity index (χ1n) is 15.1. The van der Waals surface area contributed by atoms with Gasteiger partial charge >= 0.3 is 7.82 Å². The number of phosphoric acid groups is 1. The van der Waals surface area contributed by atoms with Gasteiger partial charge in [-0.25, -0.2) is 4.57 Å². The van der Waals surface area contributed by atoms with E-state index in [4.69, 9.17) is 4.52 Å². The molecule has 0 radical (unpaired) electrons. The van der Waals surface area contributed by atoms with Crippen LogP contribution < -0.4 is 4.52 Å². The molecule has 2 N–H and O–H groups in total. The molecule has 2 aromatic carbocycles. The Bertz CT molecular complexity index is 1120. The predicted octanol–water partition coefficient (Wildman–Crippen LogP) is 10.3. The third-order valence-corrected chi connectivity index (χ3v) is 9.33. The zero-order valence-corrected chi connectivity index (χ0v) is 25.3. The van der Waals surface area contributed by atoms with E-state index in [9.17, 15) is 14.4 Å². The van der Waals surface area contributed by atoms with Gasteiger partial charge in [0.2, 0.25) is 0 Å². The molecule has 4 nitrogen and oxygen atoms in total. The molecule has 0 spiro atoms. The number of phosphoric ester groups is 1. The smallest absolute Gasteiger partial charge is 0.404 e. The van der Waals surface area contributed by atoms with Crippen molar-refractivity contribution in [3.63, 3.8) is 0 Å². The van der Waals surface area contributed by atoms with Crippen molar-refractivity contribution in [3.8, 4) is 16.9 Å². The van der Waals surface area contributed by atoms with Crippen molar-refractivity contribution < 1.29 is 18.9 Å². The van der Waals surface area contributed by atoms with Crippen LogP contribution in [0.15, 0.2) is 24.3 Å². The van der Waals surface area contributed by atoms with Gasteiger partial charge in [0.15, 0.2) is 0 Å². The molecule has 0 atom stereocenters. The van der Waals surface area contributed by atoms with Crippen molar-refractivity contribution in [1.82, 2.24) is 0 Å². The zero-order chi connectivity index (χ0) is 27.6. The van der Waals surface area contributed by atoms with E-state index in [1.54, 1.807) is 0 Å². The van der Waals surface area contributed by atoms with Crippen LogP contribution in [0.1, 0.15) is 163 Å². The summed E-state index contributed by atoms with van der Waals surface area (Å²) in [4.78, 5) is 20.0. The van der Waals surface area contributed by atoms with Crippen LogP contribution >= 0.6 is 7.82 Å². The van der Waals surface area contributed by atoms with Gasteiger partial charge in [-0.1, -0.05) is 98.3 Å². The van der Waals surface area contributed by atoms with Gasteiger partial charge < -0.3 is 4.52 Å². The molecule has 0 heterocycles. The summed E-state index contributed by atoms with van der Waals surface area (Å²) in [5.74, 6) is 2.17. The van der Waals surface area contributed by atoms with Gasteiger partial charge in [-0.15, -0.1) is 0 Å². The van der Waals surface area contributed by atoms with E-state index in [0.29, 0.717) is 23.5 Å². The minimum atomic E-state index is -4.75. The predicted molar refractivity (Wildman–Crippen MR) is 158 cm³/mol. The molecular weight excluding hydrogens is 491 g/mol. The summed E-state index contributed by atoms with van der Waals surface area (Å²) in [6.07, 6.45) is 12.1. The van der Waals surface area contributed by atoms with Crippen LogP contribution in [-0.2, 0) is 4.57 Å². The molecule has 0 bridgehead atoms. The van der Waals surface area contributed by atoms with Crippen LogP contribution in [0.3, 0.4) is 0 Å². The Morgan fingerprint density at radius 2 is 1.21 bits per heavy atom. The van der Waals surface area contributed by atoms with E-state index in [2.05, 4.69) is 59.7 Å². The van der Waals surface area contributed by atoms with Gasteiger partial charge in [0.1, 0.15) is 5.75 Å². The standard InChI is InChI=1S/C33H49O4P/c1-21(2)26-19-28(22(3)4)32(29(20-26)23(5)6)33-30(37-38(34,35)36)18-17-27(24-13-9-7-10-14-24)31(33)25-15-11-8-12-16-25/h17-25H,7-16H2,1-6H3,(H2,34,35,36). The molecular formula is C33H49O4P. The number of benzene rings is 2. The average Bonchev–Trinajstić information content (AvgIpc) is 2.87. The van der Waals surface area contributed by atoms with E-state index in [0.717, 1.165) is 24.0 Å². The molecule has 0 amide bonds. The molecule has 38 heavy (non-hydrogen) atoms. The van der Waals surface area contributed by atoms with E-state index in [-0.39, 0.29) is 11.8 Å². The Balaban J connectivity index is 2.12. The molecule has 5 heteroatoms. The summed E-state index contributed by atoms with van der Waals surface area (Å²) in [5, 5.41) is 0. The maximum absolute atomic E-state index is 12.3. The fourth-order valence-corrected chi connectivity index (χ4v) is 7.33. The highest BCUT2D eigenvalue weighted by molar-refractivity contribution is 7.46. The van der Waals surface area contributed by atoms with E-state index in [1.807, 2.05) is 6.07 Å². The second kappa shape index (κ2) is 12.3. The van der Waals surface area contributed by atoms with Crippen LogP contribution in [0, 0.1) is 0 Å². The maximum Gasteiger partial charge on any atom is 0.524 e. The number of hydrogen-bond donors (Lipinski definition) is 2. The summed E-state index contributed by atoms with van der Waals surface area (Å²) in [5.41, 5.74) is 8.68. The van der Waals surface area contributed by atoms with Gasteiger partial charge in [0, 0.05) is 5.56 Å². The quantitative estimate of drug-likeness (QED) is 0.327. The lowest BCUT2D eigenvalue weighted by atomic mass is 9.71. The van der Waals surface area contributed by atoms with Crippen LogP contribution in [-0.4, -0.2) is 9.79 Å². The Kier molecular flexibility index (Phi) is 9.49. The Morgan fingerprint density at radius 3 is 1.66 bits per heavy atom. The lowest BCUT2D eigenvalue weighted by molar-refractivity contribution is 0.283. The minimum absolute atomic E-state index is 0.265. The molecule has 2 aliphatic rings. The first-order chi connectivity index (χ1) is 18.0. The van der Waals surface area contributed by atoms with Crippen molar-refractivity contribution in [2.24, 2.45) is 0 Å². The van der Waals surface area contributed by atoms with Gasteiger partial charge in [-0.3, -0.25) is 9.79 Å². The average molecular weight is 541 g/mol. The molecule has 0 aliphatic heterocycles. The van der Waals surface area contributed by atoms with Crippen LogP contribution in [0.25, 0.3) is 11.1 Å². The summed E-state index contributed by atoms with van der Waals surface area (Å²) in [6, 6.07) is 8.71. The van der Waals surface area contributed by atoms with Gasteiger partial charge in [-0.2, -0.15) is 0 Å². The highest BCUT2D eigenvalue weighted by Gasteiger charge is 2.33. The zero-order valence-electron chi connectivity index (χ0n) is 24.4. The molecule has 0 unspecified atom stereocenters. The molecule has 2 saturated carbocycles. The summed E-state index contributed by atoms with van der Waals surface area (Å²) >= 11 is 0. The van der Waals surface area contributed by atoms with E-state index >= 15 is 0 Å². The van der Waals surface area contributed by atoms with Crippen molar-refractivity contribution >= 4 is 7.82 Å². The summed E-state index contributed by atoms with van der Waals surface area (Å²) in [6.45, 7) is 13.4. The van der Waals surface area contributed by atoms with Crippen LogP contribution in [0.4, 0.5) is 0 Å². The number of hydrogen-bond acceptors (Lipinski definition) is 2. The van der Waals surface area contributed by atoms with Crippen molar-refractivity contribution in [3.05, 3.63) is 52.1 Å². The SMILES string of the molecule is CC(C)c1cc(C(C)C)c(-c2c(OP(=O)(O)O)ccc(C3CCCCC3)c2C2CCCCC2)c(C(C)C)c1. The first-order valence-corrected chi connectivity index (χ1v) is 16.6. The molecule has 2 fully saturated rings. The second-order valence-electron chi connectivity index (χ2n) is 12.7. The molecule has 210 valence electrons. The monoisotopic (exact) mass is 540 g/mol. The minimum Gasteiger partial charge on any atom is -0.404 e. The van der Waals surface area contributed by atoms with Gasteiger partial charge in [0.05, 0.1) is 0 Å². The number of rotatable bonds is 8. The van der Waals surface area contributed by atoms with E-state index < -0.39 is 7.82 Å². The Morgan fingerprint density at radius 1 is 0.711 bits per heavy atom. The van der Waals surface area contributed by atoms with E-state index in [1.165, 1.54) is 79.2 Å². The maximum atomic E-state index is 12.3. The molecule has 0 saturated heterocycles. The normalized spacial score (nSPS) is 18.1. The summed E-state index contributed by atoms with van der Waals surface area (Å²) < 4.78 is 17.9. The highest BCUT2D eigenvalue weighted by Crippen LogP contribution is 2.54. The molecule has 2 aromatic rings. The van der Waals surface area contributed by atoms with Crippen LogP contribution in [0.2, 0.25) is 0 Å². The van der Waals surface area contributed by atoms with Gasteiger partial charge in [-0.05, 0) is 94.7 Å².